The minimum absolute atomic E-state index is 0.416. The first-order chi connectivity index (χ1) is 5.65. The largest absolute Gasteiger partial charge is 0.399 e. The van der Waals surface area contributed by atoms with E-state index in [2.05, 4.69) is 11.7 Å². The molecule has 4 heteroatoms. The fourth-order valence-corrected chi connectivity index (χ4v) is 0.840. The van der Waals surface area contributed by atoms with E-state index in [0.717, 1.165) is 5.56 Å². The molecule has 0 radical (unpaired) electrons. The smallest absolute Gasteiger partial charge is 0.109 e. The Morgan fingerprint density at radius 2 is 2.17 bits per heavy atom. The molecule has 0 aromatic heterocycles. The van der Waals surface area contributed by atoms with E-state index in [1.165, 1.54) is 0 Å². The van der Waals surface area contributed by atoms with Crippen molar-refractivity contribution >= 4 is 17.1 Å². The van der Waals surface area contributed by atoms with Gasteiger partial charge in [-0.3, -0.25) is 0 Å². The molecule has 0 unspecified atom stereocenters. The zero-order valence-corrected chi connectivity index (χ0v) is 6.54. The molecule has 5 N–H and O–H groups in total. The summed E-state index contributed by atoms with van der Waals surface area (Å²) in [5.74, 6) is 0. The number of nitrogens with one attached hydrogen (secondary N) is 1. The maximum Gasteiger partial charge on any atom is 0.109 e. The normalized spacial score (nSPS) is 9.33. The Morgan fingerprint density at radius 1 is 1.50 bits per heavy atom. The molecule has 1 aromatic rings. The Labute approximate surface area is 70.4 Å². The van der Waals surface area contributed by atoms with Gasteiger partial charge in [-0.2, -0.15) is 5.11 Å². The second-order valence-electron chi connectivity index (χ2n) is 2.41. The van der Waals surface area contributed by atoms with Crippen LogP contribution in [0.1, 0.15) is 5.56 Å². The van der Waals surface area contributed by atoms with E-state index in [4.69, 9.17) is 17.0 Å². The third-order valence-electron chi connectivity index (χ3n) is 1.52. The summed E-state index contributed by atoms with van der Waals surface area (Å²) in [5.41, 5.74) is 19.8. The van der Waals surface area contributed by atoms with Gasteiger partial charge in [-0.25, -0.2) is 5.53 Å². The van der Waals surface area contributed by atoms with Gasteiger partial charge in [-0.1, -0.05) is 12.6 Å². The lowest BCUT2D eigenvalue weighted by molar-refractivity contribution is 1.15. The first-order valence-corrected chi connectivity index (χ1v) is 3.37. The first-order valence-electron chi connectivity index (χ1n) is 3.37. The second kappa shape index (κ2) is 3.04. The molecule has 0 saturated carbocycles. The molecule has 0 atom stereocenters. The van der Waals surface area contributed by atoms with Crippen molar-refractivity contribution in [3.05, 3.63) is 30.3 Å². The molecule has 0 spiro atoms. The van der Waals surface area contributed by atoms with Gasteiger partial charge in [0.25, 0.3) is 0 Å². The number of anilines is 1. The summed E-state index contributed by atoms with van der Waals surface area (Å²) < 4.78 is 0. The SMILES string of the molecule is C=C(N)c1ccc(N)c(N=N)c1. The predicted molar refractivity (Wildman–Crippen MR) is 48.9 cm³/mol. The minimum atomic E-state index is 0.416. The van der Waals surface area contributed by atoms with Crippen LogP contribution in [0.5, 0.6) is 0 Å². The van der Waals surface area contributed by atoms with Gasteiger partial charge in [0.1, 0.15) is 5.69 Å². The highest BCUT2D eigenvalue weighted by Crippen LogP contribution is 2.24. The van der Waals surface area contributed by atoms with Gasteiger partial charge >= 0.3 is 0 Å². The molecule has 62 valence electrons. The van der Waals surface area contributed by atoms with Crippen molar-refractivity contribution in [1.82, 2.24) is 0 Å². The van der Waals surface area contributed by atoms with Crippen LogP contribution in [-0.2, 0) is 0 Å². The second-order valence-corrected chi connectivity index (χ2v) is 2.41. The van der Waals surface area contributed by atoms with Crippen LogP contribution in [0, 0.1) is 5.53 Å². The Kier molecular flexibility index (Phi) is 2.09. The van der Waals surface area contributed by atoms with Crippen molar-refractivity contribution in [1.29, 1.82) is 5.53 Å². The molecule has 0 heterocycles. The molecule has 0 bridgehead atoms. The molecule has 0 aliphatic carbocycles. The lowest BCUT2D eigenvalue weighted by Crippen LogP contribution is -1.94. The van der Waals surface area contributed by atoms with Gasteiger partial charge in [0.05, 0.1) is 5.69 Å². The molecule has 1 rings (SSSR count). The summed E-state index contributed by atoms with van der Waals surface area (Å²) in [4.78, 5) is 0. The van der Waals surface area contributed by atoms with Gasteiger partial charge in [0, 0.05) is 5.70 Å². The lowest BCUT2D eigenvalue weighted by Gasteiger charge is -2.02. The molecule has 0 fully saturated rings. The number of hydrogen-bond acceptors (Lipinski definition) is 4. The van der Waals surface area contributed by atoms with Crippen LogP contribution in [-0.4, -0.2) is 0 Å². The van der Waals surface area contributed by atoms with Crippen LogP contribution in [0.15, 0.2) is 29.9 Å². The fourth-order valence-electron chi connectivity index (χ4n) is 0.840. The van der Waals surface area contributed by atoms with Gasteiger partial charge in [-0.05, 0) is 17.7 Å². The quantitative estimate of drug-likeness (QED) is 0.457. The molecule has 0 saturated heterocycles. The van der Waals surface area contributed by atoms with Gasteiger partial charge in [0.2, 0.25) is 0 Å². The maximum absolute atomic E-state index is 6.80. The van der Waals surface area contributed by atoms with Crippen LogP contribution in [0.3, 0.4) is 0 Å². The number of rotatable bonds is 2. The van der Waals surface area contributed by atoms with Crippen molar-refractivity contribution in [3.63, 3.8) is 0 Å². The standard InChI is InChI=1S/C8H10N4/c1-5(9)6-2-3-7(10)8(4-6)12-11/h2-4,11H,1,9-10H2. The molecule has 1 aromatic carbocycles. The van der Waals surface area contributed by atoms with Crippen LogP contribution < -0.4 is 11.5 Å². The average Bonchev–Trinajstić information content (AvgIpc) is 2.05. The van der Waals surface area contributed by atoms with Gasteiger partial charge < -0.3 is 11.5 Å². The molecule has 0 aliphatic rings. The summed E-state index contributed by atoms with van der Waals surface area (Å²) in [7, 11) is 0. The van der Waals surface area contributed by atoms with Crippen molar-refractivity contribution in [2.45, 2.75) is 0 Å². The molecular weight excluding hydrogens is 152 g/mol. The Balaban J connectivity index is 3.22. The highest BCUT2D eigenvalue weighted by Gasteiger charge is 1.99. The zero-order valence-electron chi connectivity index (χ0n) is 6.54. The van der Waals surface area contributed by atoms with Gasteiger partial charge in [0.15, 0.2) is 0 Å². The van der Waals surface area contributed by atoms with Gasteiger partial charge in [-0.15, -0.1) is 0 Å². The lowest BCUT2D eigenvalue weighted by atomic mass is 10.1. The van der Waals surface area contributed by atoms with Crippen molar-refractivity contribution in [2.75, 3.05) is 5.73 Å². The monoisotopic (exact) mass is 162 g/mol. The van der Waals surface area contributed by atoms with Crippen molar-refractivity contribution < 1.29 is 0 Å². The van der Waals surface area contributed by atoms with Crippen LogP contribution in [0.25, 0.3) is 5.70 Å². The van der Waals surface area contributed by atoms with E-state index >= 15 is 0 Å². The van der Waals surface area contributed by atoms with Crippen molar-refractivity contribution in [3.8, 4) is 0 Å². The van der Waals surface area contributed by atoms with E-state index < -0.39 is 0 Å². The highest BCUT2D eigenvalue weighted by molar-refractivity contribution is 5.71. The minimum Gasteiger partial charge on any atom is -0.399 e. The Bertz CT molecular complexity index is 330. The van der Waals surface area contributed by atoms with Crippen LogP contribution >= 0.6 is 0 Å². The number of nitrogens with zero attached hydrogens (tertiary/aromatic N) is 1. The predicted octanol–water partition coefficient (Wildman–Crippen LogP) is 1.86. The van der Waals surface area contributed by atoms with E-state index in [1.807, 2.05) is 0 Å². The Hall–Kier alpha value is -1.84. The summed E-state index contributed by atoms with van der Waals surface area (Å²) in [5, 5.41) is 3.24. The van der Waals surface area contributed by atoms with Crippen LogP contribution in [0.2, 0.25) is 0 Å². The summed E-state index contributed by atoms with van der Waals surface area (Å²) in [6.45, 7) is 3.56. The molecule has 4 nitrogen and oxygen atoms in total. The van der Waals surface area contributed by atoms with Crippen molar-refractivity contribution in [2.24, 2.45) is 10.8 Å². The van der Waals surface area contributed by atoms with E-state index in [-0.39, 0.29) is 0 Å². The third-order valence-corrected chi connectivity index (χ3v) is 1.52. The third kappa shape index (κ3) is 1.42. The number of benzene rings is 1. The maximum atomic E-state index is 6.80. The average molecular weight is 162 g/mol. The molecule has 0 aliphatic heterocycles. The molecule has 12 heavy (non-hydrogen) atoms. The van der Waals surface area contributed by atoms with Crippen LogP contribution in [0.4, 0.5) is 11.4 Å². The van der Waals surface area contributed by atoms with E-state index in [1.54, 1.807) is 18.2 Å². The summed E-state index contributed by atoms with van der Waals surface area (Å²) in [6.07, 6.45) is 0. The highest BCUT2D eigenvalue weighted by atomic mass is 15.0. The first kappa shape index (κ1) is 8.26. The van der Waals surface area contributed by atoms with E-state index in [0.29, 0.717) is 17.1 Å². The Morgan fingerprint density at radius 3 is 2.67 bits per heavy atom. The molecule has 0 amide bonds. The summed E-state index contributed by atoms with van der Waals surface area (Å²) in [6, 6.07) is 5.03. The summed E-state index contributed by atoms with van der Waals surface area (Å²) >= 11 is 0. The van der Waals surface area contributed by atoms with E-state index in [9.17, 15) is 0 Å². The fraction of sp³-hybridized carbons (Fsp3) is 0. The molecular formula is C8H10N4. The zero-order chi connectivity index (χ0) is 9.14. The number of nitrogens with two attached hydrogens (primary N) is 2. The number of nitrogen functional groups attached to an aromatic ring is 1. The topological polar surface area (TPSA) is 88.2 Å². The number of hydrogen-bond donors (Lipinski definition) is 3.